The second kappa shape index (κ2) is 7.52. The molecule has 0 bridgehead atoms. The summed E-state index contributed by atoms with van der Waals surface area (Å²) in [5.74, 6) is 0.675. The van der Waals surface area contributed by atoms with Gasteiger partial charge in [0.2, 0.25) is 0 Å². The van der Waals surface area contributed by atoms with E-state index in [4.69, 9.17) is 10.5 Å². The van der Waals surface area contributed by atoms with Gasteiger partial charge in [-0.25, -0.2) is 0 Å². The van der Waals surface area contributed by atoms with E-state index in [1.165, 1.54) is 5.57 Å². The topological polar surface area (TPSA) is 97.6 Å². The van der Waals surface area contributed by atoms with Crippen LogP contribution >= 0.6 is 0 Å². The van der Waals surface area contributed by atoms with Crippen molar-refractivity contribution in [2.45, 2.75) is 18.9 Å². The third-order valence-corrected chi connectivity index (χ3v) is 5.07. The number of hydrogen-bond acceptors (Lipinski definition) is 7. The molecule has 1 aromatic heterocycles. The quantitative estimate of drug-likeness (QED) is 0.816. The second-order valence-corrected chi connectivity index (χ2v) is 7.20. The molecular weight excluding hydrogens is 364 g/mol. The van der Waals surface area contributed by atoms with Gasteiger partial charge in [0.25, 0.3) is 0 Å². The summed E-state index contributed by atoms with van der Waals surface area (Å²) < 4.78 is 5.92. The lowest BCUT2D eigenvalue weighted by Crippen LogP contribution is -2.28. The molecule has 5 rings (SSSR count). The molecule has 4 aliphatic rings. The first-order valence-electron chi connectivity index (χ1n) is 9.61. The van der Waals surface area contributed by atoms with Crippen LogP contribution in [0.5, 0.6) is 5.75 Å². The van der Waals surface area contributed by atoms with E-state index >= 15 is 0 Å². The summed E-state index contributed by atoms with van der Waals surface area (Å²) in [7, 11) is 0. The predicted octanol–water partition coefficient (Wildman–Crippen LogP) is 2.57. The molecule has 2 N–H and O–H groups in total. The lowest BCUT2D eigenvalue weighted by atomic mass is 9.99. The first-order valence-corrected chi connectivity index (χ1v) is 9.61. The molecule has 1 atom stereocenters. The zero-order valence-corrected chi connectivity index (χ0v) is 15.8. The third kappa shape index (κ3) is 3.64. The molecule has 29 heavy (non-hydrogen) atoms. The fraction of sp³-hybridized carbons (Fsp3) is 0.227. The van der Waals surface area contributed by atoms with E-state index in [0.717, 1.165) is 40.3 Å². The Morgan fingerprint density at radius 1 is 1.21 bits per heavy atom. The molecule has 0 unspecified atom stereocenters. The first kappa shape index (κ1) is 17.6. The van der Waals surface area contributed by atoms with Crippen LogP contribution < -0.4 is 10.5 Å². The van der Waals surface area contributed by atoms with E-state index in [1.54, 1.807) is 18.6 Å². The summed E-state index contributed by atoms with van der Waals surface area (Å²) in [6.07, 6.45) is 17.2. The number of fused-ring (bicyclic) bond motifs is 2. The maximum absolute atomic E-state index is 6.32. The van der Waals surface area contributed by atoms with Gasteiger partial charge in [0.05, 0.1) is 36.1 Å². The van der Waals surface area contributed by atoms with E-state index in [2.05, 4.69) is 43.4 Å². The summed E-state index contributed by atoms with van der Waals surface area (Å²) in [5, 5.41) is 7.99. The van der Waals surface area contributed by atoms with Gasteiger partial charge < -0.3 is 10.5 Å². The molecule has 0 fully saturated rings. The summed E-state index contributed by atoms with van der Waals surface area (Å²) in [4.78, 5) is 13.3. The van der Waals surface area contributed by atoms with Crippen molar-refractivity contribution in [2.75, 3.05) is 13.2 Å². The van der Waals surface area contributed by atoms with Gasteiger partial charge in [0, 0.05) is 35.2 Å². The number of rotatable bonds is 6. The highest BCUT2D eigenvalue weighted by molar-refractivity contribution is 6.27. The minimum absolute atomic E-state index is 0.134. The highest BCUT2D eigenvalue weighted by Gasteiger charge is 2.19. The van der Waals surface area contributed by atoms with E-state index < -0.39 is 0 Å². The van der Waals surface area contributed by atoms with Crippen LogP contribution in [0.15, 0.2) is 85.4 Å². The number of dihydropyridines is 1. The van der Waals surface area contributed by atoms with Crippen molar-refractivity contribution in [1.29, 1.82) is 0 Å². The first-order chi connectivity index (χ1) is 14.3. The zero-order valence-electron chi connectivity index (χ0n) is 15.8. The number of pyridine rings is 1. The average Bonchev–Trinajstić information content (AvgIpc) is 3.39. The Bertz CT molecular complexity index is 1100. The molecule has 1 aliphatic carbocycles. The van der Waals surface area contributed by atoms with Crippen LogP contribution in [-0.4, -0.2) is 48.0 Å². The molecule has 4 heterocycles. The highest BCUT2D eigenvalue weighted by atomic mass is 16.5. The summed E-state index contributed by atoms with van der Waals surface area (Å²) in [6, 6.07) is 1.80. The van der Waals surface area contributed by atoms with E-state index in [-0.39, 0.29) is 6.04 Å². The predicted molar refractivity (Wildman–Crippen MR) is 115 cm³/mol. The Hall–Kier alpha value is -3.45. The van der Waals surface area contributed by atoms with E-state index in [9.17, 15) is 0 Å². The molecule has 0 spiro atoms. The normalized spacial score (nSPS) is 20.0. The molecule has 0 amide bonds. The lowest BCUT2D eigenvalue weighted by Gasteiger charge is -2.15. The van der Waals surface area contributed by atoms with E-state index in [0.29, 0.717) is 25.3 Å². The van der Waals surface area contributed by atoms with Crippen LogP contribution in [0.2, 0.25) is 0 Å². The van der Waals surface area contributed by atoms with E-state index in [1.807, 2.05) is 18.4 Å². The largest absolute Gasteiger partial charge is 0.490 e. The molecule has 0 aromatic carbocycles. The van der Waals surface area contributed by atoms with Crippen LogP contribution in [0, 0.1) is 0 Å². The van der Waals surface area contributed by atoms with Crippen LogP contribution in [0.1, 0.15) is 18.4 Å². The number of ether oxygens (including phenoxy) is 1. The maximum atomic E-state index is 6.32. The molecule has 0 radical (unpaired) electrons. The van der Waals surface area contributed by atoms with Gasteiger partial charge >= 0.3 is 0 Å². The SMILES string of the molecule is N[C@H](COc1cncc(C2=NCC3=NN=CC3=C2)c1)CC1=C2C=CCC=C2N=C1. The molecule has 0 saturated heterocycles. The minimum atomic E-state index is -0.134. The second-order valence-electron chi connectivity index (χ2n) is 7.20. The van der Waals surface area contributed by atoms with Gasteiger partial charge in [0.15, 0.2) is 0 Å². The minimum Gasteiger partial charge on any atom is -0.490 e. The fourth-order valence-corrected chi connectivity index (χ4v) is 3.58. The Balaban J connectivity index is 1.23. The van der Waals surface area contributed by atoms with Gasteiger partial charge in [-0.2, -0.15) is 10.2 Å². The van der Waals surface area contributed by atoms with Crippen molar-refractivity contribution in [3.8, 4) is 5.75 Å². The zero-order chi connectivity index (χ0) is 19.6. The van der Waals surface area contributed by atoms with Crippen LogP contribution in [0.3, 0.4) is 0 Å². The van der Waals surface area contributed by atoms with Crippen LogP contribution in [0.25, 0.3) is 0 Å². The Labute approximate surface area is 168 Å². The molecule has 3 aliphatic heterocycles. The third-order valence-electron chi connectivity index (χ3n) is 5.07. The number of hydrogen-bond donors (Lipinski definition) is 1. The van der Waals surface area contributed by atoms with Gasteiger partial charge in [-0.15, -0.1) is 0 Å². The summed E-state index contributed by atoms with van der Waals surface area (Å²) in [6.45, 7) is 0.927. The van der Waals surface area contributed by atoms with Crippen molar-refractivity contribution < 1.29 is 4.74 Å². The summed E-state index contributed by atoms with van der Waals surface area (Å²) >= 11 is 0. The van der Waals surface area contributed by atoms with Crippen molar-refractivity contribution in [3.05, 3.63) is 70.7 Å². The maximum Gasteiger partial charge on any atom is 0.138 e. The monoisotopic (exact) mass is 384 g/mol. The smallest absolute Gasteiger partial charge is 0.138 e. The standard InChI is InChI=1S/C22H20N6O/c23-17(5-14-9-25-20-4-2-1-3-19(14)20)13-29-18-6-15(8-24-11-18)21-7-16-10-27-28-22(16)12-26-21/h1,3-4,6-11,17H,2,5,12-13,23H2/t17-/m0/s1. The Kier molecular flexibility index (Phi) is 4.57. The van der Waals surface area contributed by atoms with Gasteiger partial charge in [-0.05, 0) is 30.6 Å². The number of nitrogens with two attached hydrogens (primary N) is 1. The Morgan fingerprint density at radius 3 is 3.14 bits per heavy atom. The summed E-state index contributed by atoms with van der Waals surface area (Å²) in [5.41, 5.74) is 13.4. The number of nitrogens with zero attached hydrogens (tertiary/aromatic N) is 5. The fourth-order valence-electron chi connectivity index (χ4n) is 3.58. The van der Waals surface area contributed by atoms with Gasteiger partial charge in [0.1, 0.15) is 12.4 Å². The molecule has 1 aromatic rings. The van der Waals surface area contributed by atoms with Crippen molar-refractivity contribution in [2.24, 2.45) is 25.9 Å². The highest BCUT2D eigenvalue weighted by Crippen LogP contribution is 2.29. The van der Waals surface area contributed by atoms with Crippen molar-refractivity contribution in [1.82, 2.24) is 4.98 Å². The average molecular weight is 384 g/mol. The molecular formula is C22H20N6O. The molecule has 0 saturated carbocycles. The molecule has 7 nitrogen and oxygen atoms in total. The van der Waals surface area contributed by atoms with Crippen molar-refractivity contribution >= 4 is 23.9 Å². The van der Waals surface area contributed by atoms with Crippen LogP contribution in [-0.2, 0) is 0 Å². The van der Waals surface area contributed by atoms with Crippen molar-refractivity contribution in [3.63, 3.8) is 0 Å². The molecule has 7 heteroatoms. The van der Waals surface area contributed by atoms with Gasteiger partial charge in [-0.3, -0.25) is 15.0 Å². The van der Waals surface area contributed by atoms with Gasteiger partial charge in [-0.1, -0.05) is 18.2 Å². The number of aliphatic imine (C=N–C) groups is 2. The number of aromatic nitrogens is 1. The lowest BCUT2D eigenvalue weighted by molar-refractivity contribution is 0.287. The molecule has 144 valence electrons. The van der Waals surface area contributed by atoms with Crippen LogP contribution in [0.4, 0.5) is 0 Å². The number of allylic oxidation sites excluding steroid dienone is 4. The Morgan fingerprint density at radius 2 is 2.17 bits per heavy atom.